The van der Waals surface area contributed by atoms with Crippen molar-refractivity contribution in [2.45, 2.75) is 19.1 Å². The summed E-state index contributed by atoms with van der Waals surface area (Å²) in [4.78, 5) is 33.5. The normalized spacial score (nSPS) is 17.8. The molecule has 4 heterocycles. The molecule has 2 saturated heterocycles. The van der Waals surface area contributed by atoms with Gasteiger partial charge in [-0.2, -0.15) is 13.2 Å². The van der Waals surface area contributed by atoms with Gasteiger partial charge in [0.15, 0.2) is 0 Å². The first-order chi connectivity index (χ1) is 16.2. The van der Waals surface area contributed by atoms with Crippen LogP contribution in [-0.2, 0) is 4.79 Å². The number of benzene rings is 1. The maximum atomic E-state index is 13.0. The van der Waals surface area contributed by atoms with Gasteiger partial charge in [-0.1, -0.05) is 0 Å². The van der Waals surface area contributed by atoms with E-state index < -0.39 is 12.1 Å². The smallest absolute Gasteiger partial charge is 0.335 e. The second-order valence-electron chi connectivity index (χ2n) is 8.84. The van der Waals surface area contributed by atoms with E-state index in [2.05, 4.69) is 9.88 Å². The van der Waals surface area contributed by atoms with Crippen molar-refractivity contribution in [2.75, 3.05) is 39.3 Å². The van der Waals surface area contributed by atoms with E-state index in [0.29, 0.717) is 31.7 Å². The first kappa shape index (κ1) is 22.4. The van der Waals surface area contributed by atoms with Crippen molar-refractivity contribution in [3.05, 3.63) is 59.9 Å². The minimum absolute atomic E-state index is 0.0479. The van der Waals surface area contributed by atoms with Crippen molar-refractivity contribution in [3.63, 3.8) is 0 Å². The molecule has 0 radical (unpaired) electrons. The molecular weight excluding hydrogens is 447 g/mol. The first-order valence-electron chi connectivity index (χ1n) is 11.1. The van der Waals surface area contributed by atoms with Crippen LogP contribution in [0.3, 0.4) is 0 Å². The van der Waals surface area contributed by atoms with Gasteiger partial charge in [0.2, 0.25) is 0 Å². The molecule has 3 aromatic rings. The third-order valence-electron chi connectivity index (χ3n) is 6.59. The predicted octanol–water partition coefficient (Wildman–Crippen LogP) is 2.86. The Morgan fingerprint density at radius 1 is 0.971 bits per heavy atom. The second-order valence-corrected chi connectivity index (χ2v) is 8.84. The zero-order chi connectivity index (χ0) is 24.0. The number of pyridine rings is 1. The number of carbonyl (C=O) groups is 2. The van der Waals surface area contributed by atoms with Crippen LogP contribution in [0.15, 0.2) is 48.8 Å². The molecule has 5 rings (SSSR count). The molecule has 2 amide bonds. The van der Waals surface area contributed by atoms with Gasteiger partial charge in [-0.25, -0.2) is 4.98 Å². The molecule has 2 aliphatic heterocycles. The number of fused-ring (bicyclic) bond motifs is 1. The molecule has 2 fully saturated rings. The van der Waals surface area contributed by atoms with Crippen LogP contribution in [0.5, 0.6) is 0 Å². The molecule has 0 N–H and O–H groups in total. The van der Waals surface area contributed by atoms with Crippen LogP contribution in [0, 0.1) is 6.92 Å². The van der Waals surface area contributed by atoms with Crippen molar-refractivity contribution >= 4 is 22.7 Å². The Kier molecular flexibility index (Phi) is 5.55. The van der Waals surface area contributed by atoms with Crippen LogP contribution in [-0.4, -0.2) is 87.6 Å². The number of alkyl halides is 3. The fourth-order valence-corrected chi connectivity index (χ4v) is 4.63. The van der Waals surface area contributed by atoms with Crippen molar-refractivity contribution in [1.29, 1.82) is 0 Å². The molecule has 0 atom stereocenters. The SMILES string of the molecule is Cc1ccnc(-n2ccc3cc(C(=O)N4CC(N5CCN(C(=O)C(F)(F)F)CC5)C4)ccc32)c1. The van der Waals surface area contributed by atoms with Crippen LogP contribution >= 0.6 is 0 Å². The van der Waals surface area contributed by atoms with Crippen LogP contribution in [0.1, 0.15) is 15.9 Å². The first-order valence-corrected chi connectivity index (χ1v) is 11.1. The number of aromatic nitrogens is 2. The Labute approximate surface area is 194 Å². The number of hydrogen-bond donors (Lipinski definition) is 0. The molecule has 2 aliphatic rings. The van der Waals surface area contributed by atoms with Crippen LogP contribution < -0.4 is 0 Å². The van der Waals surface area contributed by atoms with E-state index in [-0.39, 0.29) is 25.0 Å². The number of piperazine rings is 1. The van der Waals surface area contributed by atoms with Crippen LogP contribution in [0.2, 0.25) is 0 Å². The van der Waals surface area contributed by atoms with E-state index in [4.69, 9.17) is 0 Å². The molecular formula is C24H24F3N5O2. The zero-order valence-corrected chi connectivity index (χ0v) is 18.6. The number of rotatable bonds is 3. The summed E-state index contributed by atoms with van der Waals surface area (Å²) in [6.45, 7) is 3.91. The summed E-state index contributed by atoms with van der Waals surface area (Å²) in [5.74, 6) is -1.03. The summed E-state index contributed by atoms with van der Waals surface area (Å²) in [6.07, 6.45) is -1.13. The van der Waals surface area contributed by atoms with E-state index in [1.165, 1.54) is 0 Å². The lowest BCUT2D eigenvalue weighted by atomic mass is 10.0. The van der Waals surface area contributed by atoms with Crippen LogP contribution in [0.4, 0.5) is 13.2 Å². The number of halogens is 3. The molecule has 0 spiro atoms. The van der Waals surface area contributed by atoms with Crippen molar-refractivity contribution in [2.24, 2.45) is 0 Å². The topological polar surface area (TPSA) is 61.7 Å². The highest BCUT2D eigenvalue weighted by molar-refractivity contribution is 5.98. The highest BCUT2D eigenvalue weighted by Crippen LogP contribution is 2.25. The fraction of sp³-hybridized carbons (Fsp3) is 0.375. The van der Waals surface area contributed by atoms with Gasteiger partial charge in [0.05, 0.1) is 5.52 Å². The van der Waals surface area contributed by atoms with Gasteiger partial charge in [-0.3, -0.25) is 14.5 Å². The summed E-state index contributed by atoms with van der Waals surface area (Å²) >= 11 is 0. The minimum atomic E-state index is -4.83. The standard InChI is InChI=1S/C24H24F3N5O2/c1-16-4-6-28-21(12-16)32-7-5-17-13-18(2-3-20(17)32)22(33)31-14-19(15-31)29-8-10-30(11-9-29)23(34)24(25,26)27/h2-7,12-13,19H,8-11,14-15H2,1H3. The molecule has 178 valence electrons. The van der Waals surface area contributed by atoms with Gasteiger partial charge in [-0.15, -0.1) is 0 Å². The Morgan fingerprint density at radius 3 is 2.38 bits per heavy atom. The molecule has 10 heteroatoms. The number of hydrogen-bond acceptors (Lipinski definition) is 4. The van der Waals surface area contributed by atoms with E-state index in [1.807, 2.05) is 54.1 Å². The highest BCUT2D eigenvalue weighted by Gasteiger charge is 2.44. The maximum Gasteiger partial charge on any atom is 0.471 e. The van der Waals surface area contributed by atoms with Gasteiger partial charge in [-0.05, 0) is 48.9 Å². The van der Waals surface area contributed by atoms with Gasteiger partial charge in [0, 0.05) is 68.7 Å². The molecule has 0 unspecified atom stereocenters. The van der Waals surface area contributed by atoms with Gasteiger partial charge in [0.1, 0.15) is 5.82 Å². The largest absolute Gasteiger partial charge is 0.471 e. The molecule has 2 aromatic heterocycles. The third kappa shape index (κ3) is 4.13. The molecule has 1 aromatic carbocycles. The summed E-state index contributed by atoms with van der Waals surface area (Å²) in [7, 11) is 0. The monoisotopic (exact) mass is 471 g/mol. The second kappa shape index (κ2) is 8.43. The van der Waals surface area contributed by atoms with Gasteiger partial charge in [0.25, 0.3) is 5.91 Å². The van der Waals surface area contributed by atoms with Gasteiger partial charge < -0.3 is 14.4 Å². The predicted molar refractivity (Wildman–Crippen MR) is 120 cm³/mol. The average molecular weight is 471 g/mol. The summed E-state index contributed by atoms with van der Waals surface area (Å²) < 4.78 is 39.8. The van der Waals surface area contributed by atoms with Gasteiger partial charge >= 0.3 is 12.1 Å². The van der Waals surface area contributed by atoms with E-state index in [1.54, 1.807) is 11.1 Å². The lowest BCUT2D eigenvalue weighted by Crippen LogP contribution is -2.65. The Morgan fingerprint density at radius 2 is 1.71 bits per heavy atom. The number of nitrogens with zero attached hydrogens (tertiary/aromatic N) is 5. The molecule has 0 aliphatic carbocycles. The molecule has 34 heavy (non-hydrogen) atoms. The lowest BCUT2D eigenvalue weighted by molar-refractivity contribution is -0.187. The lowest BCUT2D eigenvalue weighted by Gasteiger charge is -2.48. The number of likely N-dealkylation sites (tertiary alicyclic amines) is 1. The maximum absolute atomic E-state index is 13.0. The van der Waals surface area contributed by atoms with E-state index in [9.17, 15) is 22.8 Å². The summed E-state index contributed by atoms with van der Waals surface area (Å²) in [6, 6.07) is 11.6. The third-order valence-corrected chi connectivity index (χ3v) is 6.59. The Hall–Kier alpha value is -3.40. The molecule has 7 nitrogen and oxygen atoms in total. The Bertz CT molecular complexity index is 1240. The quantitative estimate of drug-likeness (QED) is 0.590. The molecule has 0 saturated carbocycles. The van der Waals surface area contributed by atoms with E-state index >= 15 is 0 Å². The number of carbonyl (C=O) groups excluding carboxylic acids is 2. The number of aryl methyl sites for hydroxylation is 1. The highest BCUT2D eigenvalue weighted by atomic mass is 19.4. The average Bonchev–Trinajstić information content (AvgIpc) is 3.21. The van der Waals surface area contributed by atoms with Crippen molar-refractivity contribution in [3.8, 4) is 5.82 Å². The summed E-state index contributed by atoms with van der Waals surface area (Å²) in [5, 5.41) is 0.941. The number of amides is 2. The minimum Gasteiger partial charge on any atom is -0.335 e. The van der Waals surface area contributed by atoms with Crippen LogP contribution in [0.25, 0.3) is 16.7 Å². The summed E-state index contributed by atoms with van der Waals surface area (Å²) in [5.41, 5.74) is 2.67. The Balaban J connectivity index is 1.20. The van der Waals surface area contributed by atoms with Crippen molar-refractivity contribution in [1.82, 2.24) is 24.3 Å². The zero-order valence-electron chi connectivity index (χ0n) is 18.6. The van der Waals surface area contributed by atoms with E-state index in [0.717, 1.165) is 27.2 Å². The van der Waals surface area contributed by atoms with Crippen molar-refractivity contribution < 1.29 is 22.8 Å². The molecule has 0 bridgehead atoms. The fourth-order valence-electron chi connectivity index (χ4n) is 4.63.